The van der Waals surface area contributed by atoms with Gasteiger partial charge in [0.05, 0.1) is 23.8 Å². The summed E-state index contributed by atoms with van der Waals surface area (Å²) in [7, 11) is 1.63. The third-order valence-corrected chi connectivity index (χ3v) is 3.04. The molecule has 1 aromatic carbocycles. The van der Waals surface area contributed by atoms with E-state index in [2.05, 4.69) is 15.9 Å². The van der Waals surface area contributed by atoms with Crippen LogP contribution in [0.25, 0.3) is 0 Å². The number of benzene rings is 1. The van der Waals surface area contributed by atoms with Gasteiger partial charge in [0.15, 0.2) is 0 Å². The first-order valence-corrected chi connectivity index (χ1v) is 6.40. The van der Waals surface area contributed by atoms with E-state index in [1.807, 2.05) is 25.1 Å². The van der Waals surface area contributed by atoms with Gasteiger partial charge in [-0.15, -0.1) is 0 Å². The Hall–Kier alpha value is -0.580. The lowest BCUT2D eigenvalue weighted by Gasteiger charge is -2.23. The van der Waals surface area contributed by atoms with E-state index in [1.54, 1.807) is 14.0 Å². The molecule has 17 heavy (non-hydrogen) atoms. The second-order valence-electron chi connectivity index (χ2n) is 4.28. The van der Waals surface area contributed by atoms with Crippen molar-refractivity contribution in [1.82, 2.24) is 0 Å². The average Bonchev–Trinajstić information content (AvgIpc) is 2.26. The Labute approximate surface area is 111 Å². The number of rotatable bonds is 6. The maximum Gasteiger partial charge on any atom is 0.133 e. The van der Waals surface area contributed by atoms with Gasteiger partial charge >= 0.3 is 0 Å². The molecule has 0 aliphatic heterocycles. The molecule has 0 bridgehead atoms. The molecule has 1 unspecified atom stereocenters. The van der Waals surface area contributed by atoms with Crippen molar-refractivity contribution in [2.24, 2.45) is 0 Å². The molecule has 4 heteroatoms. The van der Waals surface area contributed by atoms with E-state index in [-0.39, 0.29) is 0 Å². The molecule has 0 saturated carbocycles. The van der Waals surface area contributed by atoms with Crippen LogP contribution >= 0.6 is 15.9 Å². The normalized spacial score (nSPS) is 14.4. The highest BCUT2D eigenvalue weighted by molar-refractivity contribution is 9.10. The topological polar surface area (TPSA) is 38.7 Å². The fourth-order valence-corrected chi connectivity index (χ4v) is 2.22. The zero-order valence-corrected chi connectivity index (χ0v) is 12.1. The van der Waals surface area contributed by atoms with Gasteiger partial charge in [-0.1, -0.05) is 6.07 Å². The van der Waals surface area contributed by atoms with Crippen LogP contribution in [-0.4, -0.2) is 31.0 Å². The molecular formula is C13H19BrO3. The standard InChI is InChI=1S/C13H19BrO3/c1-4-17-9-13(2,15)8-10-5-6-12(16-3)11(14)7-10/h5-7,15H,4,8-9H2,1-3H3. The van der Waals surface area contributed by atoms with Gasteiger partial charge in [0.1, 0.15) is 5.75 Å². The Morgan fingerprint density at radius 3 is 2.65 bits per heavy atom. The minimum atomic E-state index is -0.843. The van der Waals surface area contributed by atoms with Crippen LogP contribution in [0.2, 0.25) is 0 Å². The second-order valence-corrected chi connectivity index (χ2v) is 5.13. The monoisotopic (exact) mass is 302 g/mol. The zero-order valence-electron chi connectivity index (χ0n) is 10.5. The van der Waals surface area contributed by atoms with Crippen LogP contribution in [-0.2, 0) is 11.2 Å². The van der Waals surface area contributed by atoms with E-state index in [0.717, 1.165) is 15.8 Å². The largest absolute Gasteiger partial charge is 0.496 e. The van der Waals surface area contributed by atoms with Crippen molar-refractivity contribution in [1.29, 1.82) is 0 Å². The lowest BCUT2D eigenvalue weighted by atomic mass is 9.97. The van der Waals surface area contributed by atoms with Crippen molar-refractivity contribution in [2.45, 2.75) is 25.9 Å². The molecule has 0 aliphatic rings. The molecule has 1 atom stereocenters. The summed E-state index contributed by atoms with van der Waals surface area (Å²) in [5, 5.41) is 10.1. The van der Waals surface area contributed by atoms with E-state index in [1.165, 1.54) is 0 Å². The van der Waals surface area contributed by atoms with E-state index in [0.29, 0.717) is 19.6 Å². The average molecular weight is 303 g/mol. The van der Waals surface area contributed by atoms with Crippen LogP contribution < -0.4 is 4.74 Å². The van der Waals surface area contributed by atoms with Gasteiger partial charge in [-0.25, -0.2) is 0 Å². The zero-order chi connectivity index (χ0) is 12.9. The molecule has 1 aromatic rings. The van der Waals surface area contributed by atoms with Crippen molar-refractivity contribution < 1.29 is 14.6 Å². The summed E-state index contributed by atoms with van der Waals surface area (Å²) in [6.07, 6.45) is 0.551. The highest BCUT2D eigenvalue weighted by Crippen LogP contribution is 2.27. The Bertz CT molecular complexity index is 364. The lowest BCUT2D eigenvalue weighted by Crippen LogP contribution is -2.33. The quantitative estimate of drug-likeness (QED) is 0.878. The summed E-state index contributed by atoms with van der Waals surface area (Å²) in [6, 6.07) is 5.79. The summed E-state index contributed by atoms with van der Waals surface area (Å²) in [5.74, 6) is 0.790. The van der Waals surface area contributed by atoms with E-state index in [4.69, 9.17) is 9.47 Å². The number of aliphatic hydroxyl groups is 1. The van der Waals surface area contributed by atoms with Crippen LogP contribution in [0.3, 0.4) is 0 Å². The molecule has 1 N–H and O–H groups in total. The Morgan fingerprint density at radius 2 is 2.12 bits per heavy atom. The fourth-order valence-electron chi connectivity index (χ4n) is 1.63. The number of ether oxygens (including phenoxy) is 2. The van der Waals surface area contributed by atoms with E-state index < -0.39 is 5.60 Å². The first-order valence-electron chi connectivity index (χ1n) is 5.61. The first kappa shape index (κ1) is 14.5. The minimum Gasteiger partial charge on any atom is -0.496 e. The van der Waals surface area contributed by atoms with E-state index >= 15 is 0 Å². The SMILES string of the molecule is CCOCC(C)(O)Cc1ccc(OC)c(Br)c1. The van der Waals surface area contributed by atoms with Gasteiger partial charge in [-0.05, 0) is 47.5 Å². The maximum atomic E-state index is 10.1. The molecule has 0 aromatic heterocycles. The van der Waals surface area contributed by atoms with Crippen LogP contribution in [0.5, 0.6) is 5.75 Å². The van der Waals surface area contributed by atoms with Crippen molar-refractivity contribution in [2.75, 3.05) is 20.3 Å². The number of hydrogen-bond acceptors (Lipinski definition) is 3. The fraction of sp³-hybridized carbons (Fsp3) is 0.538. The predicted octanol–water partition coefficient (Wildman–Crippen LogP) is 2.79. The molecule has 0 aliphatic carbocycles. The molecule has 0 amide bonds. The molecule has 96 valence electrons. The van der Waals surface area contributed by atoms with Gasteiger partial charge in [0.25, 0.3) is 0 Å². The summed E-state index contributed by atoms with van der Waals surface area (Å²) < 4.78 is 11.3. The maximum absolute atomic E-state index is 10.1. The molecule has 0 spiro atoms. The molecule has 3 nitrogen and oxygen atoms in total. The molecule has 0 heterocycles. The highest BCUT2D eigenvalue weighted by Gasteiger charge is 2.21. The van der Waals surface area contributed by atoms with Crippen LogP contribution in [0.4, 0.5) is 0 Å². The summed E-state index contributed by atoms with van der Waals surface area (Å²) in [5.41, 5.74) is 0.201. The molecule has 1 rings (SSSR count). The van der Waals surface area contributed by atoms with Crippen molar-refractivity contribution in [3.8, 4) is 5.75 Å². The van der Waals surface area contributed by atoms with Gasteiger partial charge < -0.3 is 14.6 Å². The van der Waals surface area contributed by atoms with Gasteiger partial charge in [-0.3, -0.25) is 0 Å². The van der Waals surface area contributed by atoms with Crippen molar-refractivity contribution >= 4 is 15.9 Å². The molecule has 0 saturated heterocycles. The Kier molecular flexibility index (Phi) is 5.43. The highest BCUT2D eigenvalue weighted by atomic mass is 79.9. The third kappa shape index (κ3) is 4.66. The van der Waals surface area contributed by atoms with Gasteiger partial charge in [0.2, 0.25) is 0 Å². The number of hydrogen-bond donors (Lipinski definition) is 1. The van der Waals surface area contributed by atoms with Crippen molar-refractivity contribution in [3.63, 3.8) is 0 Å². The van der Waals surface area contributed by atoms with Crippen LogP contribution in [0.15, 0.2) is 22.7 Å². The van der Waals surface area contributed by atoms with Crippen molar-refractivity contribution in [3.05, 3.63) is 28.2 Å². The summed E-state index contributed by atoms with van der Waals surface area (Å²) >= 11 is 3.43. The lowest BCUT2D eigenvalue weighted by molar-refractivity contribution is -0.0296. The summed E-state index contributed by atoms with van der Waals surface area (Å²) in [6.45, 7) is 4.65. The molecular weight excluding hydrogens is 284 g/mol. The molecule has 0 fully saturated rings. The second kappa shape index (κ2) is 6.38. The first-order chi connectivity index (χ1) is 7.98. The minimum absolute atomic E-state index is 0.340. The number of halogens is 1. The van der Waals surface area contributed by atoms with Gasteiger partial charge in [0, 0.05) is 13.0 Å². The van der Waals surface area contributed by atoms with Crippen LogP contribution in [0.1, 0.15) is 19.4 Å². The molecule has 0 radical (unpaired) electrons. The van der Waals surface area contributed by atoms with E-state index in [9.17, 15) is 5.11 Å². The Balaban J connectivity index is 2.71. The third-order valence-electron chi connectivity index (χ3n) is 2.42. The predicted molar refractivity (Wildman–Crippen MR) is 71.5 cm³/mol. The number of methoxy groups -OCH3 is 1. The Morgan fingerprint density at radius 1 is 1.41 bits per heavy atom. The van der Waals surface area contributed by atoms with Crippen LogP contribution in [0, 0.1) is 0 Å². The summed E-state index contributed by atoms with van der Waals surface area (Å²) in [4.78, 5) is 0. The smallest absolute Gasteiger partial charge is 0.133 e. The van der Waals surface area contributed by atoms with Gasteiger partial charge in [-0.2, -0.15) is 0 Å².